The van der Waals surface area contributed by atoms with Crippen LogP contribution in [0.25, 0.3) is 0 Å². The molecule has 3 N–H and O–H groups in total. The monoisotopic (exact) mass is 284 g/mol. The molecule has 0 heterocycles. The minimum Gasteiger partial charge on any atom is -0.492 e. The molecule has 0 aliphatic heterocycles. The standard InChI is InChI=1S/C17H20N2O2/c1-2-21-16-12-14(8-9-15(16)18)17(20)19-11-10-13-6-4-3-5-7-13/h3-9,12H,2,10-11,18H2,1H3,(H,19,20). The Bertz CT molecular complexity index is 597. The van der Waals surface area contributed by atoms with Crippen LogP contribution in [0.4, 0.5) is 5.69 Å². The maximum atomic E-state index is 12.1. The van der Waals surface area contributed by atoms with E-state index < -0.39 is 0 Å². The lowest BCUT2D eigenvalue weighted by Crippen LogP contribution is -2.25. The summed E-state index contributed by atoms with van der Waals surface area (Å²) in [6, 6.07) is 15.1. The summed E-state index contributed by atoms with van der Waals surface area (Å²) < 4.78 is 5.40. The summed E-state index contributed by atoms with van der Waals surface area (Å²) in [5, 5.41) is 2.90. The molecule has 4 nitrogen and oxygen atoms in total. The minimum absolute atomic E-state index is 0.119. The van der Waals surface area contributed by atoms with E-state index in [0.717, 1.165) is 6.42 Å². The molecule has 0 saturated carbocycles. The molecule has 0 aliphatic carbocycles. The van der Waals surface area contributed by atoms with E-state index in [9.17, 15) is 4.79 Å². The molecule has 2 aromatic rings. The molecule has 0 radical (unpaired) electrons. The lowest BCUT2D eigenvalue weighted by molar-refractivity contribution is 0.0953. The highest BCUT2D eigenvalue weighted by Crippen LogP contribution is 2.22. The second-order valence-electron chi connectivity index (χ2n) is 4.68. The maximum Gasteiger partial charge on any atom is 0.251 e. The summed E-state index contributed by atoms with van der Waals surface area (Å²) in [7, 11) is 0. The van der Waals surface area contributed by atoms with Crippen LogP contribution in [0.3, 0.4) is 0 Å². The summed E-state index contributed by atoms with van der Waals surface area (Å²) in [6.07, 6.45) is 0.805. The van der Waals surface area contributed by atoms with Crippen LogP contribution in [-0.2, 0) is 6.42 Å². The predicted molar refractivity (Wildman–Crippen MR) is 84.5 cm³/mol. The molecule has 0 bridgehead atoms. The first-order valence-electron chi connectivity index (χ1n) is 7.05. The second-order valence-corrected chi connectivity index (χ2v) is 4.68. The average Bonchev–Trinajstić information content (AvgIpc) is 2.50. The number of nitrogen functional groups attached to an aromatic ring is 1. The van der Waals surface area contributed by atoms with Crippen molar-refractivity contribution in [3.8, 4) is 5.75 Å². The summed E-state index contributed by atoms with van der Waals surface area (Å²) in [5.74, 6) is 0.431. The minimum atomic E-state index is -0.119. The van der Waals surface area contributed by atoms with Gasteiger partial charge in [0.05, 0.1) is 12.3 Å². The number of carbonyl (C=O) groups excluding carboxylic acids is 1. The highest BCUT2D eigenvalue weighted by Gasteiger charge is 2.08. The Morgan fingerprint density at radius 2 is 1.95 bits per heavy atom. The number of carbonyl (C=O) groups is 1. The molecule has 0 aromatic heterocycles. The molecule has 0 unspecified atom stereocenters. The van der Waals surface area contributed by atoms with Crippen LogP contribution >= 0.6 is 0 Å². The molecule has 0 atom stereocenters. The van der Waals surface area contributed by atoms with Crippen molar-refractivity contribution in [3.05, 3.63) is 59.7 Å². The highest BCUT2D eigenvalue weighted by atomic mass is 16.5. The Kier molecular flexibility index (Phi) is 5.21. The second kappa shape index (κ2) is 7.33. The Morgan fingerprint density at radius 1 is 1.19 bits per heavy atom. The first-order chi connectivity index (χ1) is 10.2. The summed E-state index contributed by atoms with van der Waals surface area (Å²) in [6.45, 7) is 2.99. The molecule has 1 amide bonds. The van der Waals surface area contributed by atoms with Gasteiger partial charge >= 0.3 is 0 Å². The van der Waals surface area contributed by atoms with Crippen LogP contribution in [0.15, 0.2) is 48.5 Å². The van der Waals surface area contributed by atoms with Gasteiger partial charge < -0.3 is 15.8 Å². The zero-order valence-electron chi connectivity index (χ0n) is 12.1. The van der Waals surface area contributed by atoms with Crippen LogP contribution in [0.2, 0.25) is 0 Å². The number of ether oxygens (including phenoxy) is 1. The van der Waals surface area contributed by atoms with Crippen molar-refractivity contribution < 1.29 is 9.53 Å². The van der Waals surface area contributed by atoms with Crippen LogP contribution in [-0.4, -0.2) is 19.1 Å². The quantitative estimate of drug-likeness (QED) is 0.801. The third-order valence-electron chi connectivity index (χ3n) is 3.12. The van der Waals surface area contributed by atoms with Gasteiger partial charge in [0, 0.05) is 12.1 Å². The number of anilines is 1. The van der Waals surface area contributed by atoms with E-state index in [4.69, 9.17) is 10.5 Å². The Labute approximate surface area is 124 Å². The average molecular weight is 284 g/mol. The molecular formula is C17H20N2O2. The third kappa shape index (κ3) is 4.24. The lowest BCUT2D eigenvalue weighted by Gasteiger charge is -2.10. The zero-order chi connectivity index (χ0) is 15.1. The van der Waals surface area contributed by atoms with Gasteiger partial charge in [-0.2, -0.15) is 0 Å². The maximum absolute atomic E-state index is 12.1. The van der Waals surface area contributed by atoms with E-state index >= 15 is 0 Å². The van der Waals surface area contributed by atoms with Gasteiger partial charge in [0.15, 0.2) is 0 Å². The normalized spacial score (nSPS) is 10.1. The van der Waals surface area contributed by atoms with Gasteiger partial charge in [0.1, 0.15) is 5.75 Å². The molecule has 0 aliphatic rings. The van der Waals surface area contributed by atoms with Crippen LogP contribution < -0.4 is 15.8 Å². The van der Waals surface area contributed by atoms with Gasteiger partial charge in [-0.1, -0.05) is 30.3 Å². The Morgan fingerprint density at radius 3 is 2.67 bits per heavy atom. The molecule has 2 rings (SSSR count). The van der Waals surface area contributed by atoms with Crippen molar-refractivity contribution in [1.82, 2.24) is 5.32 Å². The van der Waals surface area contributed by atoms with E-state index in [1.165, 1.54) is 5.56 Å². The molecule has 0 fully saturated rings. The molecule has 2 aromatic carbocycles. The van der Waals surface area contributed by atoms with Gasteiger partial charge in [0.25, 0.3) is 5.91 Å². The van der Waals surface area contributed by atoms with E-state index in [2.05, 4.69) is 5.32 Å². The van der Waals surface area contributed by atoms with Crippen LogP contribution in [0.1, 0.15) is 22.8 Å². The van der Waals surface area contributed by atoms with Crippen molar-refractivity contribution >= 4 is 11.6 Å². The van der Waals surface area contributed by atoms with Crippen molar-refractivity contribution in [3.63, 3.8) is 0 Å². The van der Waals surface area contributed by atoms with Gasteiger partial charge in [0.2, 0.25) is 0 Å². The van der Waals surface area contributed by atoms with Crippen molar-refractivity contribution in [2.45, 2.75) is 13.3 Å². The Hall–Kier alpha value is -2.49. The van der Waals surface area contributed by atoms with E-state index in [1.54, 1.807) is 18.2 Å². The number of nitrogens with two attached hydrogens (primary N) is 1. The number of amides is 1. The lowest BCUT2D eigenvalue weighted by atomic mass is 10.1. The molecule has 0 saturated heterocycles. The first kappa shape index (κ1) is 14.9. The molecule has 21 heavy (non-hydrogen) atoms. The molecule has 0 spiro atoms. The fourth-order valence-electron chi connectivity index (χ4n) is 2.02. The summed E-state index contributed by atoms with van der Waals surface area (Å²) >= 11 is 0. The fourth-order valence-corrected chi connectivity index (χ4v) is 2.02. The highest BCUT2D eigenvalue weighted by molar-refractivity contribution is 5.95. The zero-order valence-corrected chi connectivity index (χ0v) is 12.1. The van der Waals surface area contributed by atoms with E-state index in [-0.39, 0.29) is 5.91 Å². The Balaban J connectivity index is 1.92. The number of hydrogen-bond donors (Lipinski definition) is 2. The van der Waals surface area contributed by atoms with Gasteiger partial charge in [-0.05, 0) is 37.1 Å². The fraction of sp³-hybridized carbons (Fsp3) is 0.235. The topological polar surface area (TPSA) is 64.3 Å². The van der Waals surface area contributed by atoms with Crippen LogP contribution in [0, 0.1) is 0 Å². The third-order valence-corrected chi connectivity index (χ3v) is 3.12. The van der Waals surface area contributed by atoms with Gasteiger partial charge in [-0.15, -0.1) is 0 Å². The van der Waals surface area contributed by atoms with Crippen molar-refractivity contribution in [2.75, 3.05) is 18.9 Å². The van der Waals surface area contributed by atoms with E-state index in [1.807, 2.05) is 37.3 Å². The van der Waals surface area contributed by atoms with E-state index in [0.29, 0.717) is 30.2 Å². The number of benzene rings is 2. The number of nitrogens with one attached hydrogen (secondary N) is 1. The summed E-state index contributed by atoms with van der Waals surface area (Å²) in [5.41, 5.74) is 8.09. The van der Waals surface area contributed by atoms with Gasteiger partial charge in [-0.3, -0.25) is 4.79 Å². The number of hydrogen-bond acceptors (Lipinski definition) is 3. The first-order valence-corrected chi connectivity index (χ1v) is 7.05. The molecule has 4 heteroatoms. The van der Waals surface area contributed by atoms with Crippen LogP contribution in [0.5, 0.6) is 5.75 Å². The van der Waals surface area contributed by atoms with Crippen molar-refractivity contribution in [2.24, 2.45) is 0 Å². The van der Waals surface area contributed by atoms with Gasteiger partial charge in [-0.25, -0.2) is 0 Å². The van der Waals surface area contributed by atoms with Crippen molar-refractivity contribution in [1.29, 1.82) is 0 Å². The predicted octanol–water partition coefficient (Wildman–Crippen LogP) is 2.64. The number of rotatable bonds is 6. The smallest absolute Gasteiger partial charge is 0.251 e. The molecular weight excluding hydrogens is 264 g/mol. The molecule has 110 valence electrons. The summed E-state index contributed by atoms with van der Waals surface area (Å²) in [4.78, 5) is 12.1. The SMILES string of the molecule is CCOc1cc(C(=O)NCCc2ccccc2)ccc1N. The largest absolute Gasteiger partial charge is 0.492 e.